The lowest BCUT2D eigenvalue weighted by Crippen LogP contribution is -2.28. The van der Waals surface area contributed by atoms with Crippen LogP contribution in [-0.4, -0.2) is 17.1 Å². The van der Waals surface area contributed by atoms with Crippen molar-refractivity contribution in [2.75, 3.05) is 0 Å². The van der Waals surface area contributed by atoms with Gasteiger partial charge in [-0.1, -0.05) is 12.8 Å². The van der Waals surface area contributed by atoms with E-state index in [2.05, 4.69) is 0 Å². The van der Waals surface area contributed by atoms with Gasteiger partial charge < -0.3 is 10.8 Å². The number of amides is 1. The minimum absolute atomic E-state index is 0.126. The zero-order valence-electron chi connectivity index (χ0n) is 6.62. The normalized spacial score (nSPS) is 31.7. The first kappa shape index (κ1) is 8.53. The molecule has 0 aromatic carbocycles. The zero-order chi connectivity index (χ0) is 8.27. The average molecular weight is 157 g/mol. The Bertz CT molecular complexity index is 147. The lowest BCUT2D eigenvalue weighted by atomic mass is 9.84. The average Bonchev–Trinajstić information content (AvgIpc) is 1.93. The molecule has 3 nitrogen and oxygen atoms in total. The molecule has 0 spiro atoms. The van der Waals surface area contributed by atoms with Crippen molar-refractivity contribution in [2.24, 2.45) is 11.7 Å². The van der Waals surface area contributed by atoms with Gasteiger partial charge in [0.25, 0.3) is 0 Å². The fourth-order valence-electron chi connectivity index (χ4n) is 1.68. The van der Waals surface area contributed by atoms with Crippen molar-refractivity contribution in [2.45, 2.75) is 38.2 Å². The molecule has 1 rings (SSSR count). The molecule has 0 saturated heterocycles. The summed E-state index contributed by atoms with van der Waals surface area (Å²) in [6.45, 7) is 0. The highest BCUT2D eigenvalue weighted by Gasteiger charge is 2.23. The zero-order valence-corrected chi connectivity index (χ0v) is 6.62. The first-order chi connectivity index (χ1) is 5.20. The van der Waals surface area contributed by atoms with Gasteiger partial charge in [0.15, 0.2) is 0 Å². The summed E-state index contributed by atoms with van der Waals surface area (Å²) in [6, 6.07) is 0. The SMILES string of the molecule is NC(=O)C[C@@H]1CCCC[C@H]1O. The lowest BCUT2D eigenvalue weighted by molar-refractivity contribution is -0.120. The maximum atomic E-state index is 10.5. The third-order valence-electron chi connectivity index (χ3n) is 2.33. The number of rotatable bonds is 2. The second-order valence-corrected chi connectivity index (χ2v) is 3.28. The Labute approximate surface area is 66.6 Å². The highest BCUT2D eigenvalue weighted by Crippen LogP contribution is 2.26. The van der Waals surface area contributed by atoms with Crippen LogP contribution in [0.15, 0.2) is 0 Å². The number of primary amides is 1. The van der Waals surface area contributed by atoms with Crippen LogP contribution in [0.5, 0.6) is 0 Å². The number of hydrogen-bond acceptors (Lipinski definition) is 2. The summed E-state index contributed by atoms with van der Waals surface area (Å²) < 4.78 is 0. The molecule has 64 valence electrons. The van der Waals surface area contributed by atoms with E-state index in [0.29, 0.717) is 6.42 Å². The second kappa shape index (κ2) is 3.72. The predicted molar refractivity (Wildman–Crippen MR) is 41.8 cm³/mol. The maximum absolute atomic E-state index is 10.5. The van der Waals surface area contributed by atoms with Crippen molar-refractivity contribution in [3.05, 3.63) is 0 Å². The van der Waals surface area contributed by atoms with Crippen molar-refractivity contribution in [1.82, 2.24) is 0 Å². The fourth-order valence-corrected chi connectivity index (χ4v) is 1.68. The Morgan fingerprint density at radius 1 is 1.45 bits per heavy atom. The van der Waals surface area contributed by atoms with E-state index in [9.17, 15) is 9.90 Å². The standard InChI is InChI=1S/C8H15NO2/c9-8(11)5-6-3-1-2-4-7(6)10/h6-7,10H,1-5H2,(H2,9,11)/t6-,7+/m0/s1. The van der Waals surface area contributed by atoms with Gasteiger partial charge >= 0.3 is 0 Å². The predicted octanol–water partition coefficient (Wildman–Crippen LogP) is 0.413. The number of aliphatic hydroxyl groups excluding tert-OH is 1. The third kappa shape index (κ3) is 2.50. The van der Waals surface area contributed by atoms with E-state index in [0.717, 1.165) is 25.7 Å². The topological polar surface area (TPSA) is 63.3 Å². The van der Waals surface area contributed by atoms with Crippen LogP contribution < -0.4 is 5.73 Å². The summed E-state index contributed by atoms with van der Waals surface area (Å²) in [5.74, 6) is -0.169. The van der Waals surface area contributed by atoms with Gasteiger partial charge in [0.1, 0.15) is 0 Å². The maximum Gasteiger partial charge on any atom is 0.217 e. The molecule has 1 saturated carbocycles. The van der Waals surface area contributed by atoms with Gasteiger partial charge in [0.05, 0.1) is 6.10 Å². The molecule has 0 radical (unpaired) electrons. The number of carbonyl (C=O) groups excluding carboxylic acids is 1. The molecule has 0 heterocycles. The summed E-state index contributed by atoms with van der Waals surface area (Å²) in [5.41, 5.74) is 5.04. The van der Waals surface area contributed by atoms with E-state index in [1.54, 1.807) is 0 Å². The molecule has 0 aromatic rings. The smallest absolute Gasteiger partial charge is 0.217 e. The van der Waals surface area contributed by atoms with Gasteiger partial charge in [-0.3, -0.25) is 4.79 Å². The Morgan fingerprint density at radius 3 is 2.64 bits per heavy atom. The van der Waals surface area contributed by atoms with Crippen LogP contribution in [-0.2, 0) is 4.79 Å². The van der Waals surface area contributed by atoms with Gasteiger partial charge in [-0.05, 0) is 18.8 Å². The molecule has 0 unspecified atom stereocenters. The molecule has 3 N–H and O–H groups in total. The van der Waals surface area contributed by atoms with E-state index in [1.807, 2.05) is 0 Å². The molecule has 1 aliphatic rings. The molecule has 3 heteroatoms. The third-order valence-corrected chi connectivity index (χ3v) is 2.33. The van der Waals surface area contributed by atoms with Crippen LogP contribution in [0.3, 0.4) is 0 Å². The Morgan fingerprint density at radius 2 is 2.09 bits per heavy atom. The number of carbonyl (C=O) groups is 1. The van der Waals surface area contributed by atoms with Crippen LogP contribution in [0.4, 0.5) is 0 Å². The lowest BCUT2D eigenvalue weighted by Gasteiger charge is -2.26. The monoisotopic (exact) mass is 157 g/mol. The van der Waals surface area contributed by atoms with Crippen molar-refractivity contribution in [1.29, 1.82) is 0 Å². The van der Waals surface area contributed by atoms with E-state index in [1.165, 1.54) is 0 Å². The summed E-state index contributed by atoms with van der Waals surface area (Å²) in [6.07, 6.45) is 4.03. The van der Waals surface area contributed by atoms with Crippen LogP contribution in [0.2, 0.25) is 0 Å². The second-order valence-electron chi connectivity index (χ2n) is 3.28. The number of hydrogen-bond donors (Lipinski definition) is 2. The van der Waals surface area contributed by atoms with Gasteiger partial charge in [-0.25, -0.2) is 0 Å². The van der Waals surface area contributed by atoms with Crippen LogP contribution >= 0.6 is 0 Å². The summed E-state index contributed by atoms with van der Waals surface area (Å²) in [4.78, 5) is 10.5. The van der Waals surface area contributed by atoms with Gasteiger partial charge in [0.2, 0.25) is 5.91 Å². The summed E-state index contributed by atoms with van der Waals surface area (Å²) in [5, 5.41) is 9.41. The Hall–Kier alpha value is -0.570. The van der Waals surface area contributed by atoms with Crippen LogP contribution in [0.25, 0.3) is 0 Å². The van der Waals surface area contributed by atoms with Crippen LogP contribution in [0, 0.1) is 5.92 Å². The summed E-state index contributed by atoms with van der Waals surface area (Å²) >= 11 is 0. The fraction of sp³-hybridized carbons (Fsp3) is 0.875. The molecule has 11 heavy (non-hydrogen) atoms. The van der Waals surface area contributed by atoms with Gasteiger partial charge in [-0.15, -0.1) is 0 Å². The van der Waals surface area contributed by atoms with Crippen molar-refractivity contribution in [3.63, 3.8) is 0 Å². The minimum Gasteiger partial charge on any atom is -0.393 e. The van der Waals surface area contributed by atoms with Crippen molar-refractivity contribution < 1.29 is 9.90 Å². The molecule has 0 bridgehead atoms. The van der Waals surface area contributed by atoms with Crippen LogP contribution in [0.1, 0.15) is 32.1 Å². The molecular formula is C8H15NO2. The van der Waals surface area contributed by atoms with E-state index < -0.39 is 0 Å². The number of nitrogens with two attached hydrogens (primary N) is 1. The van der Waals surface area contributed by atoms with Gasteiger partial charge in [-0.2, -0.15) is 0 Å². The van der Waals surface area contributed by atoms with Crippen molar-refractivity contribution >= 4 is 5.91 Å². The largest absolute Gasteiger partial charge is 0.393 e. The number of aliphatic hydroxyl groups is 1. The van der Waals surface area contributed by atoms with E-state index >= 15 is 0 Å². The Kier molecular flexibility index (Phi) is 2.88. The molecule has 0 aromatic heterocycles. The Balaban J connectivity index is 2.35. The quantitative estimate of drug-likeness (QED) is 0.610. The molecule has 1 fully saturated rings. The highest BCUT2D eigenvalue weighted by atomic mass is 16.3. The van der Waals surface area contributed by atoms with E-state index in [4.69, 9.17) is 5.73 Å². The summed E-state index contributed by atoms with van der Waals surface area (Å²) in [7, 11) is 0. The molecular weight excluding hydrogens is 142 g/mol. The van der Waals surface area contributed by atoms with Gasteiger partial charge in [0, 0.05) is 6.42 Å². The first-order valence-corrected chi connectivity index (χ1v) is 4.16. The minimum atomic E-state index is -0.295. The first-order valence-electron chi connectivity index (χ1n) is 4.16. The molecule has 1 aliphatic carbocycles. The highest BCUT2D eigenvalue weighted by molar-refractivity contribution is 5.74. The molecule has 2 atom stereocenters. The molecule has 1 amide bonds. The molecule has 0 aliphatic heterocycles. The van der Waals surface area contributed by atoms with Crippen molar-refractivity contribution in [3.8, 4) is 0 Å². The van der Waals surface area contributed by atoms with E-state index in [-0.39, 0.29) is 17.9 Å².